The maximum Gasteiger partial charge on any atom is 0.253 e. The van der Waals surface area contributed by atoms with E-state index >= 15 is 0 Å². The van der Waals surface area contributed by atoms with Gasteiger partial charge in [-0.15, -0.1) is 0 Å². The van der Waals surface area contributed by atoms with Crippen LogP contribution in [0.2, 0.25) is 0 Å². The Morgan fingerprint density at radius 3 is 2.58 bits per heavy atom. The number of ether oxygens (including phenoxy) is 2. The molecule has 0 unspecified atom stereocenters. The number of likely N-dealkylation sites (tertiary alicyclic amines) is 1. The van der Waals surface area contributed by atoms with Gasteiger partial charge in [-0.2, -0.15) is 0 Å². The predicted molar refractivity (Wildman–Crippen MR) is 116 cm³/mol. The first-order valence-corrected chi connectivity index (χ1v) is 11.0. The quantitative estimate of drug-likeness (QED) is 0.762. The molecule has 0 bridgehead atoms. The molecule has 1 saturated heterocycles. The maximum absolute atomic E-state index is 13.1. The highest BCUT2D eigenvalue weighted by molar-refractivity contribution is 5.95. The van der Waals surface area contributed by atoms with Gasteiger partial charge in [0.1, 0.15) is 0 Å². The van der Waals surface area contributed by atoms with Gasteiger partial charge in [0.15, 0.2) is 11.5 Å². The van der Waals surface area contributed by atoms with Gasteiger partial charge in [0.2, 0.25) is 12.7 Å². The summed E-state index contributed by atoms with van der Waals surface area (Å²) in [4.78, 5) is 29.2. The van der Waals surface area contributed by atoms with Gasteiger partial charge in [-0.3, -0.25) is 9.59 Å². The van der Waals surface area contributed by atoms with Gasteiger partial charge in [0.05, 0.1) is 0 Å². The standard InChI is InChI=1S/C25H28N2O4/c1-26(2)23(28)14-18-15-25(20-6-4-3-5-19(18)20)9-11-27(12-10-25)24(29)17-7-8-21-22(13-17)31-16-30-21/h3-8,13,18H,9-12,14-16H2,1-2H3/t18-/m0/s1. The second-order valence-corrected chi connectivity index (χ2v) is 9.12. The monoisotopic (exact) mass is 420 g/mol. The van der Waals surface area contributed by atoms with Gasteiger partial charge in [-0.25, -0.2) is 0 Å². The number of nitrogens with zero attached hydrogens (tertiary/aromatic N) is 2. The highest BCUT2D eigenvalue weighted by Crippen LogP contribution is 2.52. The third-order valence-electron chi connectivity index (χ3n) is 7.16. The van der Waals surface area contributed by atoms with Crippen LogP contribution in [0.25, 0.3) is 0 Å². The smallest absolute Gasteiger partial charge is 0.253 e. The lowest BCUT2D eigenvalue weighted by Crippen LogP contribution is -2.44. The summed E-state index contributed by atoms with van der Waals surface area (Å²) in [6.07, 6.45) is 3.38. The van der Waals surface area contributed by atoms with Crippen LogP contribution < -0.4 is 9.47 Å². The van der Waals surface area contributed by atoms with Gasteiger partial charge < -0.3 is 19.3 Å². The van der Waals surface area contributed by atoms with Crippen LogP contribution in [0.1, 0.15) is 53.1 Å². The lowest BCUT2D eigenvalue weighted by molar-refractivity contribution is -0.129. The van der Waals surface area contributed by atoms with Crippen molar-refractivity contribution in [2.75, 3.05) is 34.0 Å². The summed E-state index contributed by atoms with van der Waals surface area (Å²) in [7, 11) is 3.64. The largest absolute Gasteiger partial charge is 0.454 e. The normalized spacial score (nSPS) is 20.6. The first-order valence-electron chi connectivity index (χ1n) is 11.0. The second kappa shape index (κ2) is 7.59. The van der Waals surface area contributed by atoms with E-state index in [-0.39, 0.29) is 29.9 Å². The van der Waals surface area contributed by atoms with Crippen molar-refractivity contribution < 1.29 is 19.1 Å². The molecule has 162 valence electrons. The molecule has 5 rings (SSSR count). The average molecular weight is 421 g/mol. The van der Waals surface area contributed by atoms with Gasteiger partial charge >= 0.3 is 0 Å². The third kappa shape index (κ3) is 3.44. The molecule has 2 aliphatic heterocycles. The number of amides is 2. The lowest BCUT2D eigenvalue weighted by Gasteiger charge is -2.40. The Morgan fingerprint density at radius 1 is 1.06 bits per heavy atom. The molecule has 3 aliphatic rings. The number of rotatable bonds is 3. The van der Waals surface area contributed by atoms with E-state index in [1.807, 2.05) is 25.1 Å². The molecule has 31 heavy (non-hydrogen) atoms. The van der Waals surface area contributed by atoms with E-state index in [4.69, 9.17) is 9.47 Å². The van der Waals surface area contributed by atoms with E-state index in [1.54, 1.807) is 17.0 Å². The van der Waals surface area contributed by atoms with E-state index in [1.165, 1.54) is 11.1 Å². The number of hydrogen-bond donors (Lipinski definition) is 0. The Hall–Kier alpha value is -3.02. The molecule has 0 saturated carbocycles. The van der Waals surface area contributed by atoms with Crippen LogP contribution in [0, 0.1) is 0 Å². The van der Waals surface area contributed by atoms with E-state index in [9.17, 15) is 9.59 Å². The summed E-state index contributed by atoms with van der Waals surface area (Å²) in [6.45, 7) is 1.64. The molecule has 0 radical (unpaired) electrons. The number of hydrogen-bond acceptors (Lipinski definition) is 4. The minimum Gasteiger partial charge on any atom is -0.454 e. The number of carbonyl (C=O) groups excluding carboxylic acids is 2. The van der Waals surface area contributed by atoms with Crippen molar-refractivity contribution in [2.45, 2.75) is 37.0 Å². The maximum atomic E-state index is 13.1. The Morgan fingerprint density at radius 2 is 1.81 bits per heavy atom. The Labute approximate surface area is 182 Å². The molecule has 0 N–H and O–H groups in total. The molecule has 1 fully saturated rings. The van der Waals surface area contributed by atoms with E-state index in [0.717, 1.165) is 32.4 Å². The fourth-order valence-corrected chi connectivity index (χ4v) is 5.43. The van der Waals surface area contributed by atoms with Crippen LogP contribution in [0.5, 0.6) is 11.5 Å². The zero-order chi connectivity index (χ0) is 21.6. The van der Waals surface area contributed by atoms with Crippen LogP contribution in [-0.2, 0) is 10.2 Å². The summed E-state index contributed by atoms with van der Waals surface area (Å²) in [5.74, 6) is 1.79. The van der Waals surface area contributed by atoms with E-state index in [2.05, 4.69) is 24.3 Å². The predicted octanol–water partition coefficient (Wildman–Crippen LogP) is 3.55. The molecule has 2 amide bonds. The molecular weight excluding hydrogens is 392 g/mol. The van der Waals surface area contributed by atoms with Gasteiger partial charge in [-0.05, 0) is 59.9 Å². The van der Waals surface area contributed by atoms with Gasteiger partial charge in [0.25, 0.3) is 5.91 Å². The Bertz CT molecular complexity index is 1020. The second-order valence-electron chi connectivity index (χ2n) is 9.12. The highest BCUT2D eigenvalue weighted by Gasteiger charge is 2.46. The number of benzene rings is 2. The molecule has 6 nitrogen and oxygen atoms in total. The molecule has 1 spiro atoms. The van der Waals surface area contributed by atoms with Crippen molar-refractivity contribution >= 4 is 11.8 Å². The fourth-order valence-electron chi connectivity index (χ4n) is 5.43. The van der Waals surface area contributed by atoms with Crippen LogP contribution in [0.4, 0.5) is 0 Å². The molecule has 2 aromatic rings. The Balaban J connectivity index is 1.32. The number of fused-ring (bicyclic) bond motifs is 3. The van der Waals surface area contributed by atoms with Crippen LogP contribution in [-0.4, -0.2) is 55.6 Å². The van der Waals surface area contributed by atoms with Crippen molar-refractivity contribution in [3.63, 3.8) is 0 Å². The highest BCUT2D eigenvalue weighted by atomic mass is 16.7. The zero-order valence-corrected chi connectivity index (χ0v) is 18.1. The summed E-state index contributed by atoms with van der Waals surface area (Å²) >= 11 is 0. The summed E-state index contributed by atoms with van der Waals surface area (Å²) in [6, 6.07) is 14.0. The average Bonchev–Trinajstić information content (AvgIpc) is 3.37. The van der Waals surface area contributed by atoms with Crippen molar-refractivity contribution in [1.29, 1.82) is 0 Å². The zero-order valence-electron chi connectivity index (χ0n) is 18.1. The molecule has 1 aliphatic carbocycles. The lowest BCUT2D eigenvalue weighted by atomic mass is 9.73. The van der Waals surface area contributed by atoms with Crippen LogP contribution in [0.3, 0.4) is 0 Å². The summed E-state index contributed by atoms with van der Waals surface area (Å²) in [5, 5.41) is 0. The van der Waals surface area contributed by atoms with E-state index < -0.39 is 0 Å². The minimum atomic E-state index is 0.0405. The Kier molecular flexibility index (Phi) is 4.88. The van der Waals surface area contributed by atoms with E-state index in [0.29, 0.717) is 23.5 Å². The molecule has 2 heterocycles. The molecule has 6 heteroatoms. The summed E-state index contributed by atoms with van der Waals surface area (Å²) in [5.41, 5.74) is 3.39. The fraction of sp³-hybridized carbons (Fsp3) is 0.440. The molecular formula is C25H28N2O4. The number of carbonyl (C=O) groups is 2. The summed E-state index contributed by atoms with van der Waals surface area (Å²) < 4.78 is 10.8. The van der Waals surface area contributed by atoms with Crippen molar-refractivity contribution in [1.82, 2.24) is 9.80 Å². The molecule has 1 atom stereocenters. The number of piperidine rings is 1. The first kappa shape index (κ1) is 19.9. The molecule has 2 aromatic carbocycles. The topological polar surface area (TPSA) is 59.1 Å². The van der Waals surface area contributed by atoms with Crippen molar-refractivity contribution in [3.8, 4) is 11.5 Å². The van der Waals surface area contributed by atoms with Gasteiger partial charge in [0, 0.05) is 39.2 Å². The van der Waals surface area contributed by atoms with Gasteiger partial charge in [-0.1, -0.05) is 24.3 Å². The third-order valence-corrected chi connectivity index (χ3v) is 7.16. The van der Waals surface area contributed by atoms with Crippen molar-refractivity contribution in [2.24, 2.45) is 0 Å². The minimum absolute atomic E-state index is 0.0405. The molecule has 0 aromatic heterocycles. The van der Waals surface area contributed by atoms with Crippen molar-refractivity contribution in [3.05, 3.63) is 59.2 Å². The SMILES string of the molecule is CN(C)C(=O)C[C@H]1CC2(CCN(C(=O)c3ccc4c(c3)OCO4)CC2)c2ccccc21. The first-order chi connectivity index (χ1) is 15.0. The van der Waals surface area contributed by atoms with Crippen LogP contribution >= 0.6 is 0 Å². The van der Waals surface area contributed by atoms with Crippen LogP contribution in [0.15, 0.2) is 42.5 Å².